The van der Waals surface area contributed by atoms with Crippen LogP contribution < -0.4 is 10.9 Å². The number of nitrogens with zero attached hydrogens (tertiary/aromatic N) is 2. The second kappa shape index (κ2) is 8.47. The summed E-state index contributed by atoms with van der Waals surface area (Å²) in [6, 6.07) is 18.4. The van der Waals surface area contributed by atoms with Gasteiger partial charge in [-0.2, -0.15) is 0 Å². The van der Waals surface area contributed by atoms with E-state index in [1.807, 2.05) is 18.2 Å². The molecule has 0 bridgehead atoms. The zero-order valence-corrected chi connectivity index (χ0v) is 16.7. The molecule has 31 heavy (non-hydrogen) atoms. The molecular formula is C24H19F2N3O2. The van der Waals surface area contributed by atoms with Crippen LogP contribution in [0.25, 0.3) is 16.6 Å². The van der Waals surface area contributed by atoms with Crippen molar-refractivity contribution >= 4 is 16.8 Å². The molecule has 0 fully saturated rings. The maximum atomic E-state index is 13.4. The zero-order valence-electron chi connectivity index (χ0n) is 16.7. The van der Waals surface area contributed by atoms with Gasteiger partial charge in [-0.25, -0.2) is 13.8 Å². The van der Waals surface area contributed by atoms with Crippen LogP contribution in [0.3, 0.4) is 0 Å². The third-order valence-electron chi connectivity index (χ3n) is 4.87. The van der Waals surface area contributed by atoms with Gasteiger partial charge in [0.2, 0.25) is 5.91 Å². The molecule has 3 aromatic carbocycles. The average Bonchev–Trinajstić information content (AvgIpc) is 2.73. The largest absolute Gasteiger partial charge is 0.346 e. The molecule has 1 atom stereocenters. The van der Waals surface area contributed by atoms with Crippen LogP contribution in [0.1, 0.15) is 24.4 Å². The van der Waals surface area contributed by atoms with Crippen LogP contribution in [0.2, 0.25) is 0 Å². The summed E-state index contributed by atoms with van der Waals surface area (Å²) >= 11 is 0. The predicted octanol–water partition coefficient (Wildman–Crippen LogP) is 4.08. The van der Waals surface area contributed by atoms with E-state index in [-0.39, 0.29) is 17.5 Å². The number of fused-ring (bicyclic) bond motifs is 1. The number of hydrogen-bond acceptors (Lipinski definition) is 3. The van der Waals surface area contributed by atoms with Crippen LogP contribution in [-0.4, -0.2) is 15.5 Å². The van der Waals surface area contributed by atoms with E-state index in [4.69, 9.17) is 0 Å². The standard InChI is InChI=1S/C24H19F2N3O2/c1-15(27-22(30)13-16-11-17(25)14-18(26)12-16)23-28-21-10-6-5-9-20(21)24(31)29(23)19-7-3-2-4-8-19/h2-12,14-15H,13H2,1H3,(H,27,30). The van der Waals surface area contributed by atoms with Crippen molar-refractivity contribution in [1.29, 1.82) is 0 Å². The summed E-state index contributed by atoms with van der Waals surface area (Å²) in [5.41, 5.74) is 1.10. The third kappa shape index (κ3) is 4.35. The van der Waals surface area contributed by atoms with E-state index in [1.165, 1.54) is 4.57 Å². The highest BCUT2D eigenvalue weighted by Crippen LogP contribution is 2.18. The first-order valence-electron chi connectivity index (χ1n) is 9.74. The Morgan fingerprint density at radius 1 is 1.00 bits per heavy atom. The summed E-state index contributed by atoms with van der Waals surface area (Å²) in [6.07, 6.45) is -0.206. The lowest BCUT2D eigenvalue weighted by molar-refractivity contribution is -0.121. The number of carbonyl (C=O) groups excluding carboxylic acids is 1. The van der Waals surface area contributed by atoms with Gasteiger partial charge < -0.3 is 5.32 Å². The Hall–Kier alpha value is -3.87. The van der Waals surface area contributed by atoms with Crippen LogP contribution in [0.5, 0.6) is 0 Å². The normalized spacial score (nSPS) is 12.0. The molecule has 1 heterocycles. The molecule has 1 amide bonds. The van der Waals surface area contributed by atoms with Crippen molar-refractivity contribution in [3.63, 3.8) is 0 Å². The number of aromatic nitrogens is 2. The lowest BCUT2D eigenvalue weighted by Crippen LogP contribution is -2.34. The fraction of sp³-hybridized carbons (Fsp3) is 0.125. The van der Waals surface area contributed by atoms with Gasteiger partial charge in [0.25, 0.3) is 5.56 Å². The minimum atomic E-state index is -0.745. The van der Waals surface area contributed by atoms with E-state index >= 15 is 0 Å². The van der Waals surface area contributed by atoms with E-state index in [9.17, 15) is 18.4 Å². The molecule has 0 aliphatic heterocycles. The smallest absolute Gasteiger partial charge is 0.266 e. The Bertz CT molecular complexity index is 1300. The summed E-state index contributed by atoms with van der Waals surface area (Å²) in [7, 11) is 0. The molecule has 4 rings (SSSR count). The average molecular weight is 419 g/mol. The number of para-hydroxylation sites is 2. The maximum Gasteiger partial charge on any atom is 0.266 e. The van der Waals surface area contributed by atoms with Gasteiger partial charge in [0, 0.05) is 6.07 Å². The Morgan fingerprint density at radius 3 is 2.35 bits per heavy atom. The van der Waals surface area contributed by atoms with Gasteiger partial charge in [0.15, 0.2) is 0 Å². The number of nitrogens with one attached hydrogen (secondary N) is 1. The number of halogens is 2. The first-order valence-corrected chi connectivity index (χ1v) is 9.74. The van der Waals surface area contributed by atoms with Crippen molar-refractivity contribution in [1.82, 2.24) is 14.9 Å². The molecule has 4 aromatic rings. The quantitative estimate of drug-likeness (QED) is 0.530. The van der Waals surface area contributed by atoms with Crippen LogP contribution in [0, 0.1) is 11.6 Å². The molecule has 5 nitrogen and oxygen atoms in total. The molecule has 156 valence electrons. The first kappa shape index (κ1) is 20.4. The van der Waals surface area contributed by atoms with Crippen LogP contribution in [-0.2, 0) is 11.2 Å². The molecule has 0 saturated carbocycles. The van der Waals surface area contributed by atoms with Crippen LogP contribution in [0.4, 0.5) is 8.78 Å². The lowest BCUT2D eigenvalue weighted by Gasteiger charge is -2.19. The molecular weight excluding hydrogens is 400 g/mol. The summed E-state index contributed by atoms with van der Waals surface area (Å²) < 4.78 is 28.3. The molecule has 7 heteroatoms. The summed E-state index contributed by atoms with van der Waals surface area (Å²) in [6.45, 7) is 1.71. The van der Waals surface area contributed by atoms with Gasteiger partial charge in [-0.05, 0) is 48.9 Å². The highest BCUT2D eigenvalue weighted by molar-refractivity contribution is 5.80. The molecule has 1 N–H and O–H groups in total. The Labute approximate surface area is 177 Å². The van der Waals surface area contributed by atoms with Crippen LogP contribution >= 0.6 is 0 Å². The SMILES string of the molecule is CC(NC(=O)Cc1cc(F)cc(F)c1)c1nc2ccccc2c(=O)n1-c1ccccc1. The molecule has 0 aliphatic rings. The van der Waals surface area contributed by atoms with Gasteiger partial charge >= 0.3 is 0 Å². The number of hydrogen-bond donors (Lipinski definition) is 1. The maximum absolute atomic E-state index is 13.4. The van der Waals surface area contributed by atoms with Crippen molar-refractivity contribution in [3.8, 4) is 5.69 Å². The second-order valence-electron chi connectivity index (χ2n) is 7.21. The molecule has 0 aliphatic carbocycles. The van der Waals surface area contributed by atoms with Crippen molar-refractivity contribution in [2.24, 2.45) is 0 Å². The number of carbonyl (C=O) groups is 1. The fourth-order valence-electron chi connectivity index (χ4n) is 3.52. The molecule has 0 saturated heterocycles. The predicted molar refractivity (Wildman–Crippen MR) is 114 cm³/mol. The number of rotatable bonds is 5. The van der Waals surface area contributed by atoms with Gasteiger partial charge in [-0.1, -0.05) is 30.3 Å². The first-order chi connectivity index (χ1) is 14.9. The Balaban J connectivity index is 1.70. The summed E-state index contributed by atoms with van der Waals surface area (Å²) in [5.74, 6) is -1.58. The van der Waals surface area contributed by atoms with Crippen molar-refractivity contribution < 1.29 is 13.6 Å². The lowest BCUT2D eigenvalue weighted by atomic mass is 10.1. The minimum absolute atomic E-state index is 0.206. The van der Waals surface area contributed by atoms with E-state index in [2.05, 4.69) is 10.3 Å². The summed E-state index contributed by atoms with van der Waals surface area (Å²) in [5, 5.41) is 3.24. The monoisotopic (exact) mass is 419 g/mol. The van der Waals surface area contributed by atoms with Crippen molar-refractivity contribution in [3.05, 3.63) is 106 Å². The van der Waals surface area contributed by atoms with Crippen LogP contribution in [0.15, 0.2) is 77.6 Å². The van der Waals surface area contributed by atoms with Gasteiger partial charge in [-0.15, -0.1) is 0 Å². The minimum Gasteiger partial charge on any atom is -0.346 e. The molecule has 1 unspecified atom stereocenters. The van der Waals surface area contributed by atoms with E-state index in [0.717, 1.165) is 18.2 Å². The van der Waals surface area contributed by atoms with E-state index in [0.29, 0.717) is 22.4 Å². The van der Waals surface area contributed by atoms with E-state index in [1.54, 1.807) is 43.3 Å². The highest BCUT2D eigenvalue weighted by atomic mass is 19.1. The number of amides is 1. The van der Waals surface area contributed by atoms with E-state index < -0.39 is 23.6 Å². The Morgan fingerprint density at radius 2 is 1.65 bits per heavy atom. The Kier molecular flexibility index (Phi) is 5.58. The van der Waals surface area contributed by atoms with Gasteiger partial charge in [0.05, 0.1) is 29.1 Å². The molecule has 1 aromatic heterocycles. The highest BCUT2D eigenvalue weighted by Gasteiger charge is 2.19. The van der Waals surface area contributed by atoms with Crippen molar-refractivity contribution in [2.75, 3.05) is 0 Å². The van der Waals surface area contributed by atoms with Gasteiger partial charge in [-0.3, -0.25) is 14.2 Å². The fourth-order valence-corrected chi connectivity index (χ4v) is 3.52. The second-order valence-corrected chi connectivity index (χ2v) is 7.21. The topological polar surface area (TPSA) is 64.0 Å². The zero-order chi connectivity index (χ0) is 22.0. The third-order valence-corrected chi connectivity index (χ3v) is 4.87. The van der Waals surface area contributed by atoms with Crippen molar-refractivity contribution in [2.45, 2.75) is 19.4 Å². The molecule has 0 radical (unpaired) electrons. The number of benzene rings is 3. The summed E-state index contributed by atoms with van der Waals surface area (Å²) in [4.78, 5) is 30.4. The molecule has 0 spiro atoms. The van der Waals surface area contributed by atoms with Gasteiger partial charge in [0.1, 0.15) is 17.5 Å².